The minimum Gasteiger partial charge on any atom is -0.346 e. The highest BCUT2D eigenvalue weighted by molar-refractivity contribution is 6.35. The summed E-state index contributed by atoms with van der Waals surface area (Å²) >= 11 is 12.0. The molecule has 1 aromatic heterocycles. The van der Waals surface area contributed by atoms with Gasteiger partial charge in [-0.25, -0.2) is 0 Å². The summed E-state index contributed by atoms with van der Waals surface area (Å²) in [6.07, 6.45) is 3.57. The van der Waals surface area contributed by atoms with Crippen molar-refractivity contribution in [3.05, 3.63) is 74.0 Å². The Morgan fingerprint density at radius 3 is 2.84 bits per heavy atom. The first kappa shape index (κ1) is 16.2. The average molecular weight is 373 g/mol. The molecule has 0 radical (unpaired) electrons. The van der Waals surface area contributed by atoms with Gasteiger partial charge in [-0.05, 0) is 42.7 Å². The number of carbonyl (C=O) groups is 1. The Balaban J connectivity index is 1.82. The number of hydrogen-bond donors (Lipinski definition) is 1. The molecule has 0 saturated heterocycles. The molecule has 25 heavy (non-hydrogen) atoms. The second-order valence-corrected chi connectivity index (χ2v) is 6.90. The van der Waals surface area contributed by atoms with Crippen molar-refractivity contribution < 1.29 is 4.79 Å². The molecular weight excluding hydrogens is 359 g/mol. The maximum atomic E-state index is 12.8. The van der Waals surface area contributed by atoms with E-state index in [2.05, 4.69) is 5.32 Å². The summed E-state index contributed by atoms with van der Waals surface area (Å²) in [4.78, 5) is 25.5. The van der Waals surface area contributed by atoms with Gasteiger partial charge in [0.1, 0.15) is 5.56 Å². The van der Waals surface area contributed by atoms with Gasteiger partial charge >= 0.3 is 0 Å². The Morgan fingerprint density at radius 2 is 2.00 bits per heavy atom. The molecule has 1 aliphatic heterocycles. The summed E-state index contributed by atoms with van der Waals surface area (Å²) in [6.45, 7) is 0.784. The molecule has 0 spiro atoms. The lowest BCUT2D eigenvalue weighted by Gasteiger charge is -2.20. The molecule has 4 rings (SSSR count). The van der Waals surface area contributed by atoms with Crippen LogP contribution in [0.5, 0.6) is 0 Å². The Kier molecular flexibility index (Phi) is 4.02. The first-order valence-electron chi connectivity index (χ1n) is 7.96. The van der Waals surface area contributed by atoms with Crippen LogP contribution in [0.4, 0.5) is 5.69 Å². The lowest BCUT2D eigenvalue weighted by molar-refractivity contribution is 0.102. The lowest BCUT2D eigenvalue weighted by atomic mass is 10.00. The number of aromatic nitrogens is 1. The molecule has 6 heteroatoms. The van der Waals surface area contributed by atoms with Gasteiger partial charge in [-0.2, -0.15) is 0 Å². The zero-order valence-electron chi connectivity index (χ0n) is 13.2. The van der Waals surface area contributed by atoms with Gasteiger partial charge in [0.25, 0.3) is 5.91 Å². The van der Waals surface area contributed by atoms with Gasteiger partial charge in [0.15, 0.2) is 0 Å². The zero-order chi connectivity index (χ0) is 17.6. The molecule has 0 atom stereocenters. The summed E-state index contributed by atoms with van der Waals surface area (Å²) in [5.74, 6) is -0.490. The number of benzene rings is 2. The van der Waals surface area contributed by atoms with Gasteiger partial charge < -0.3 is 9.88 Å². The zero-order valence-corrected chi connectivity index (χ0v) is 14.7. The number of aryl methyl sites for hydroxylation is 2. The average Bonchev–Trinajstić information content (AvgIpc) is 2.61. The first-order valence-corrected chi connectivity index (χ1v) is 8.71. The van der Waals surface area contributed by atoms with Crippen LogP contribution in [0.3, 0.4) is 0 Å². The number of nitrogens with one attached hydrogen (secondary N) is 1. The summed E-state index contributed by atoms with van der Waals surface area (Å²) in [5.41, 5.74) is 2.28. The predicted molar refractivity (Wildman–Crippen MR) is 101 cm³/mol. The van der Waals surface area contributed by atoms with Gasteiger partial charge in [0, 0.05) is 23.2 Å². The molecule has 0 fully saturated rings. The van der Waals surface area contributed by atoms with E-state index < -0.39 is 5.91 Å². The van der Waals surface area contributed by atoms with Crippen molar-refractivity contribution in [1.29, 1.82) is 0 Å². The molecule has 0 bridgehead atoms. The second-order valence-electron chi connectivity index (χ2n) is 6.06. The fourth-order valence-corrected chi connectivity index (χ4v) is 3.64. The molecule has 0 aliphatic carbocycles. The molecular formula is C19H14Cl2N2O2. The van der Waals surface area contributed by atoms with Crippen molar-refractivity contribution >= 4 is 45.7 Å². The maximum Gasteiger partial charge on any atom is 0.261 e. The molecule has 2 aromatic carbocycles. The van der Waals surface area contributed by atoms with E-state index in [9.17, 15) is 9.59 Å². The summed E-state index contributed by atoms with van der Waals surface area (Å²) < 4.78 is 1.99. The molecule has 2 heterocycles. The third-order valence-corrected chi connectivity index (χ3v) is 5.01. The lowest BCUT2D eigenvalue weighted by Crippen LogP contribution is -2.25. The van der Waals surface area contributed by atoms with Gasteiger partial charge in [-0.3, -0.25) is 9.59 Å². The van der Waals surface area contributed by atoms with E-state index in [-0.39, 0.29) is 11.0 Å². The number of halogens is 2. The third-order valence-electron chi connectivity index (χ3n) is 4.45. The molecule has 1 N–H and O–H groups in total. The summed E-state index contributed by atoms with van der Waals surface area (Å²) in [7, 11) is 0. The van der Waals surface area contributed by atoms with Crippen LogP contribution in [0, 0.1) is 0 Å². The highest BCUT2D eigenvalue weighted by atomic mass is 35.5. The van der Waals surface area contributed by atoms with Crippen molar-refractivity contribution in [2.75, 3.05) is 5.32 Å². The van der Waals surface area contributed by atoms with Crippen molar-refractivity contribution in [3.8, 4) is 0 Å². The normalized spacial score (nSPS) is 13.0. The highest BCUT2D eigenvalue weighted by Crippen LogP contribution is 2.27. The van der Waals surface area contributed by atoms with E-state index in [1.165, 1.54) is 0 Å². The largest absolute Gasteiger partial charge is 0.346 e. The summed E-state index contributed by atoms with van der Waals surface area (Å²) in [6, 6.07) is 10.5. The van der Waals surface area contributed by atoms with Crippen LogP contribution in [-0.2, 0) is 13.0 Å². The SMILES string of the molecule is O=C(Nc1cc(Cl)ccc1Cl)c1cn2c3c(cccc3c1=O)CCC2. The Morgan fingerprint density at radius 1 is 1.16 bits per heavy atom. The van der Waals surface area contributed by atoms with Crippen LogP contribution in [-0.4, -0.2) is 10.5 Å². The quantitative estimate of drug-likeness (QED) is 0.719. The first-order chi connectivity index (χ1) is 12.0. The maximum absolute atomic E-state index is 12.8. The second kappa shape index (κ2) is 6.21. The van der Waals surface area contributed by atoms with E-state index >= 15 is 0 Å². The number of rotatable bonds is 2. The molecule has 4 nitrogen and oxygen atoms in total. The minimum absolute atomic E-state index is 0.0996. The number of carbonyl (C=O) groups excluding carboxylic acids is 1. The number of nitrogens with zero attached hydrogens (tertiary/aromatic N) is 1. The smallest absolute Gasteiger partial charge is 0.261 e. The van der Waals surface area contributed by atoms with Crippen molar-refractivity contribution in [2.45, 2.75) is 19.4 Å². The Hall–Kier alpha value is -2.30. The van der Waals surface area contributed by atoms with Crippen molar-refractivity contribution in [3.63, 3.8) is 0 Å². The molecule has 126 valence electrons. The Labute approximate surface area is 154 Å². The van der Waals surface area contributed by atoms with Gasteiger partial charge in [0.2, 0.25) is 5.43 Å². The van der Waals surface area contributed by atoms with Crippen LogP contribution >= 0.6 is 23.2 Å². The van der Waals surface area contributed by atoms with Gasteiger partial charge in [0.05, 0.1) is 16.2 Å². The number of anilines is 1. The third kappa shape index (κ3) is 2.81. The predicted octanol–water partition coefficient (Wildman–Crippen LogP) is 4.51. The Bertz CT molecular complexity index is 1070. The monoisotopic (exact) mass is 372 g/mol. The van der Waals surface area contributed by atoms with E-state index in [1.54, 1.807) is 30.5 Å². The van der Waals surface area contributed by atoms with Crippen molar-refractivity contribution in [1.82, 2.24) is 4.57 Å². The molecule has 0 unspecified atom stereocenters. The number of pyridine rings is 1. The molecule has 3 aromatic rings. The molecule has 1 amide bonds. The van der Waals surface area contributed by atoms with E-state index in [0.29, 0.717) is 21.1 Å². The summed E-state index contributed by atoms with van der Waals surface area (Å²) in [5, 5.41) is 4.08. The molecule has 1 aliphatic rings. The number of amides is 1. The van der Waals surface area contributed by atoms with Gasteiger partial charge in [-0.15, -0.1) is 0 Å². The fraction of sp³-hybridized carbons (Fsp3) is 0.158. The van der Waals surface area contributed by atoms with Crippen LogP contribution in [0.2, 0.25) is 10.0 Å². The minimum atomic E-state index is -0.490. The number of hydrogen-bond acceptors (Lipinski definition) is 2. The van der Waals surface area contributed by atoms with E-state index in [4.69, 9.17) is 23.2 Å². The topological polar surface area (TPSA) is 51.1 Å². The van der Waals surface area contributed by atoms with Crippen LogP contribution in [0.1, 0.15) is 22.3 Å². The van der Waals surface area contributed by atoms with Crippen LogP contribution in [0.15, 0.2) is 47.4 Å². The van der Waals surface area contributed by atoms with Crippen molar-refractivity contribution in [2.24, 2.45) is 0 Å². The van der Waals surface area contributed by atoms with Crippen LogP contribution in [0.25, 0.3) is 10.9 Å². The molecule has 0 saturated carbocycles. The number of para-hydroxylation sites is 1. The van der Waals surface area contributed by atoms with E-state index in [0.717, 1.165) is 30.5 Å². The standard InChI is InChI=1S/C19H14Cl2N2O2/c20-12-6-7-15(21)16(9-12)22-19(25)14-10-23-8-2-4-11-3-1-5-13(17(11)23)18(14)24/h1,3,5-7,9-10H,2,4,8H2,(H,22,25). The fourth-order valence-electron chi connectivity index (χ4n) is 3.30. The van der Waals surface area contributed by atoms with Gasteiger partial charge in [-0.1, -0.05) is 35.3 Å². The highest BCUT2D eigenvalue weighted by Gasteiger charge is 2.20. The van der Waals surface area contributed by atoms with E-state index in [1.807, 2.05) is 16.7 Å². The van der Waals surface area contributed by atoms with Crippen LogP contribution < -0.4 is 10.7 Å².